The van der Waals surface area contributed by atoms with Gasteiger partial charge < -0.3 is 39.4 Å². The first-order valence-corrected chi connectivity index (χ1v) is 26.1. The van der Waals surface area contributed by atoms with Crippen molar-refractivity contribution >= 4 is 5.97 Å². The van der Waals surface area contributed by atoms with E-state index in [1.165, 1.54) is 205 Å². The third kappa shape index (κ3) is 33.7. The van der Waals surface area contributed by atoms with Crippen LogP contribution in [0.5, 0.6) is 0 Å². The minimum atomic E-state index is -1.53. The molecule has 4 N–H and O–H groups in total. The van der Waals surface area contributed by atoms with Crippen LogP contribution in [-0.2, 0) is 23.7 Å². The maximum absolute atomic E-state index is 12.8. The van der Waals surface area contributed by atoms with Gasteiger partial charge in [-0.25, -0.2) is 0 Å². The summed E-state index contributed by atoms with van der Waals surface area (Å²) in [6, 6.07) is 0. The van der Waals surface area contributed by atoms with Crippen LogP contribution in [0.25, 0.3) is 0 Å². The van der Waals surface area contributed by atoms with Gasteiger partial charge in [-0.3, -0.25) is 4.79 Å². The fourth-order valence-corrected chi connectivity index (χ4v) is 8.44. The van der Waals surface area contributed by atoms with E-state index in [4.69, 9.17) is 18.9 Å². The third-order valence-electron chi connectivity index (χ3n) is 12.5. The van der Waals surface area contributed by atoms with Gasteiger partial charge in [-0.2, -0.15) is 0 Å². The molecule has 1 saturated heterocycles. The molecule has 0 aliphatic carbocycles. The Morgan fingerprint density at radius 3 is 1.18 bits per heavy atom. The summed E-state index contributed by atoms with van der Waals surface area (Å²) >= 11 is 0. The van der Waals surface area contributed by atoms with Crippen LogP contribution in [0.15, 0.2) is 0 Å². The molecule has 9 nitrogen and oxygen atoms in total. The number of aliphatic hydroxyl groups is 4. The molecule has 0 spiro atoms. The molecule has 0 saturated carbocycles. The molecule has 6 unspecified atom stereocenters. The van der Waals surface area contributed by atoms with E-state index in [-0.39, 0.29) is 19.2 Å². The van der Waals surface area contributed by atoms with Crippen molar-refractivity contribution in [1.82, 2.24) is 0 Å². The lowest BCUT2D eigenvalue weighted by molar-refractivity contribution is -0.305. The van der Waals surface area contributed by atoms with Gasteiger partial charge in [0.1, 0.15) is 30.5 Å². The van der Waals surface area contributed by atoms with Gasteiger partial charge in [0.15, 0.2) is 6.29 Å². The lowest BCUT2D eigenvalue weighted by Gasteiger charge is -2.39. The Morgan fingerprint density at radius 1 is 0.467 bits per heavy atom. The maximum Gasteiger partial charge on any atom is 0.306 e. The topological polar surface area (TPSA) is 135 Å². The van der Waals surface area contributed by atoms with E-state index in [0.29, 0.717) is 13.0 Å². The van der Waals surface area contributed by atoms with Gasteiger partial charge in [-0.15, -0.1) is 0 Å². The fourth-order valence-electron chi connectivity index (χ4n) is 8.44. The van der Waals surface area contributed by atoms with E-state index in [1.807, 2.05) is 0 Å². The molecular formula is C51H100O9. The monoisotopic (exact) mass is 857 g/mol. The van der Waals surface area contributed by atoms with Gasteiger partial charge in [-0.1, -0.05) is 239 Å². The zero-order chi connectivity index (χ0) is 43.6. The van der Waals surface area contributed by atoms with Crippen LogP contribution in [-0.4, -0.2) is 89.6 Å². The molecule has 0 radical (unpaired) electrons. The molecule has 9 heteroatoms. The first-order valence-electron chi connectivity index (χ1n) is 26.1. The summed E-state index contributed by atoms with van der Waals surface area (Å²) in [5, 5.41) is 40.2. The van der Waals surface area contributed by atoms with Crippen molar-refractivity contribution < 1.29 is 44.2 Å². The van der Waals surface area contributed by atoms with Crippen molar-refractivity contribution in [2.75, 3.05) is 26.4 Å². The van der Waals surface area contributed by atoms with E-state index in [9.17, 15) is 25.2 Å². The molecule has 1 heterocycles. The number of hydrogen-bond donors (Lipinski definition) is 4. The van der Waals surface area contributed by atoms with Crippen LogP contribution in [0.3, 0.4) is 0 Å². The van der Waals surface area contributed by atoms with Crippen LogP contribution in [0, 0.1) is 0 Å². The first kappa shape index (κ1) is 57.2. The van der Waals surface area contributed by atoms with Crippen LogP contribution in [0.1, 0.15) is 258 Å². The average molecular weight is 857 g/mol. The van der Waals surface area contributed by atoms with Gasteiger partial charge in [-0.05, 0) is 12.8 Å². The molecule has 358 valence electrons. The second kappa shape index (κ2) is 43.4. The summed E-state index contributed by atoms with van der Waals surface area (Å²) in [6.45, 7) is 4.63. The molecule has 1 aliphatic rings. The number of ether oxygens (including phenoxy) is 4. The van der Waals surface area contributed by atoms with E-state index in [1.54, 1.807) is 0 Å². The zero-order valence-electron chi connectivity index (χ0n) is 39.5. The Kier molecular flexibility index (Phi) is 41.4. The molecule has 60 heavy (non-hydrogen) atoms. The van der Waals surface area contributed by atoms with Crippen molar-refractivity contribution in [2.24, 2.45) is 0 Å². The largest absolute Gasteiger partial charge is 0.457 e. The van der Waals surface area contributed by atoms with E-state index >= 15 is 0 Å². The quantitative estimate of drug-likeness (QED) is 0.0348. The highest BCUT2D eigenvalue weighted by Crippen LogP contribution is 2.23. The van der Waals surface area contributed by atoms with E-state index in [0.717, 1.165) is 32.1 Å². The smallest absolute Gasteiger partial charge is 0.306 e. The van der Waals surface area contributed by atoms with Crippen molar-refractivity contribution in [3.05, 3.63) is 0 Å². The number of esters is 1. The zero-order valence-corrected chi connectivity index (χ0v) is 39.5. The Bertz CT molecular complexity index is 889. The molecule has 1 aliphatic heterocycles. The highest BCUT2D eigenvalue weighted by molar-refractivity contribution is 5.69. The molecule has 0 aromatic rings. The molecule has 1 rings (SSSR count). The molecule has 1 fully saturated rings. The summed E-state index contributed by atoms with van der Waals surface area (Å²) in [5.41, 5.74) is 0. The Labute approximate surface area is 370 Å². The molecule has 0 bridgehead atoms. The summed E-state index contributed by atoms with van der Waals surface area (Å²) in [5.74, 6) is -0.306. The van der Waals surface area contributed by atoms with Crippen LogP contribution >= 0.6 is 0 Å². The van der Waals surface area contributed by atoms with Crippen molar-refractivity contribution in [3.63, 3.8) is 0 Å². The fraction of sp³-hybridized carbons (Fsp3) is 0.980. The van der Waals surface area contributed by atoms with Gasteiger partial charge in [0.25, 0.3) is 0 Å². The Hall–Kier alpha value is -0.810. The van der Waals surface area contributed by atoms with Crippen molar-refractivity contribution in [2.45, 2.75) is 295 Å². The predicted octanol–water partition coefficient (Wildman–Crippen LogP) is 12.6. The van der Waals surface area contributed by atoms with E-state index < -0.39 is 43.4 Å². The average Bonchev–Trinajstić information content (AvgIpc) is 3.25. The van der Waals surface area contributed by atoms with Gasteiger partial charge in [0.2, 0.25) is 0 Å². The highest BCUT2D eigenvalue weighted by Gasteiger charge is 2.44. The highest BCUT2D eigenvalue weighted by atomic mass is 16.7. The molecule has 0 aromatic heterocycles. The van der Waals surface area contributed by atoms with E-state index in [2.05, 4.69) is 13.8 Å². The number of carbonyl (C=O) groups is 1. The van der Waals surface area contributed by atoms with Crippen molar-refractivity contribution in [3.8, 4) is 0 Å². The summed E-state index contributed by atoms with van der Waals surface area (Å²) < 4.78 is 22.9. The van der Waals surface area contributed by atoms with Gasteiger partial charge in [0.05, 0.1) is 19.8 Å². The number of hydrogen-bond acceptors (Lipinski definition) is 9. The van der Waals surface area contributed by atoms with Crippen LogP contribution in [0.2, 0.25) is 0 Å². The maximum atomic E-state index is 12.8. The van der Waals surface area contributed by atoms with Crippen LogP contribution < -0.4 is 0 Å². The molecule has 0 aromatic carbocycles. The minimum Gasteiger partial charge on any atom is -0.457 e. The normalized spacial score (nSPS) is 19.9. The van der Waals surface area contributed by atoms with Crippen LogP contribution in [0.4, 0.5) is 0 Å². The molecular weight excluding hydrogens is 757 g/mol. The summed E-state index contributed by atoms with van der Waals surface area (Å²) in [6.07, 6.45) is 41.4. The summed E-state index contributed by atoms with van der Waals surface area (Å²) in [4.78, 5) is 12.8. The molecule has 0 amide bonds. The second-order valence-corrected chi connectivity index (χ2v) is 18.3. The minimum absolute atomic E-state index is 0.105. The van der Waals surface area contributed by atoms with Crippen molar-refractivity contribution in [1.29, 1.82) is 0 Å². The SMILES string of the molecule is CCCCCCCCCCCCCCCCCCCCCCCCOCC(COC1OC(CO)C(O)C(O)C1O)OC(=O)CCCCCCCCCCCCCCCCC. The number of rotatable bonds is 46. The van der Waals surface area contributed by atoms with Gasteiger partial charge in [0, 0.05) is 13.0 Å². The number of carbonyl (C=O) groups excluding carboxylic acids is 1. The molecule has 6 atom stereocenters. The Balaban J connectivity index is 2.16. The van der Waals surface area contributed by atoms with Gasteiger partial charge >= 0.3 is 5.97 Å². The standard InChI is InChI=1S/C51H100O9/c1-3-5-7-9-11-13-15-17-19-20-21-22-23-24-25-27-29-31-33-35-37-39-41-57-43-45(44-58-51-50(56)49(55)48(54)46(42-52)60-51)59-47(53)40-38-36-34-32-30-28-26-18-16-14-12-10-8-6-4-2/h45-46,48-52,54-56H,3-44H2,1-2H3. The number of unbranched alkanes of at least 4 members (excludes halogenated alkanes) is 35. The lowest BCUT2D eigenvalue weighted by Crippen LogP contribution is -2.59. The first-order chi connectivity index (χ1) is 29.4. The summed E-state index contributed by atoms with van der Waals surface area (Å²) in [7, 11) is 0. The number of aliphatic hydroxyl groups excluding tert-OH is 4. The third-order valence-corrected chi connectivity index (χ3v) is 12.5. The lowest BCUT2D eigenvalue weighted by atomic mass is 9.99. The Morgan fingerprint density at radius 2 is 0.817 bits per heavy atom. The second-order valence-electron chi connectivity index (χ2n) is 18.3. The predicted molar refractivity (Wildman–Crippen MR) is 247 cm³/mol.